The van der Waals surface area contributed by atoms with Crippen LogP contribution in [-0.4, -0.2) is 28.9 Å². The molecule has 0 spiro atoms. The van der Waals surface area contributed by atoms with Gasteiger partial charge in [0.2, 0.25) is 0 Å². The van der Waals surface area contributed by atoms with Crippen LogP contribution >= 0.6 is 11.6 Å². The number of ether oxygens (including phenoxy) is 1. The molecule has 28 heavy (non-hydrogen) atoms. The maximum absolute atomic E-state index is 12.5. The Morgan fingerprint density at radius 3 is 2.43 bits per heavy atom. The molecule has 1 aliphatic carbocycles. The average Bonchev–Trinajstić information content (AvgIpc) is 2.55. The normalized spacial score (nSPS) is 21.5. The molecule has 0 radical (unpaired) electrons. The molecule has 1 saturated carbocycles. The van der Waals surface area contributed by atoms with E-state index in [1.54, 1.807) is 0 Å². The summed E-state index contributed by atoms with van der Waals surface area (Å²) in [7, 11) is 0. The first-order valence-corrected chi connectivity index (χ1v) is 8.79. The fourth-order valence-electron chi connectivity index (χ4n) is 3.76. The summed E-state index contributed by atoms with van der Waals surface area (Å²) in [5.74, 6) is -0.914. The molecule has 152 valence electrons. The largest absolute Gasteiger partial charge is 0.573 e. The van der Waals surface area contributed by atoms with Crippen LogP contribution in [0.4, 0.5) is 18.9 Å². The number of benzene rings is 1. The Morgan fingerprint density at radius 2 is 1.96 bits per heavy atom. The van der Waals surface area contributed by atoms with Crippen molar-refractivity contribution in [2.45, 2.75) is 51.4 Å². The van der Waals surface area contributed by atoms with Crippen LogP contribution in [0.5, 0.6) is 5.75 Å². The lowest BCUT2D eigenvalue weighted by atomic mass is 9.67. The van der Waals surface area contributed by atoms with Gasteiger partial charge in [0.05, 0.1) is 5.02 Å². The Bertz CT molecular complexity index is 831. The molecule has 9 heteroatoms. The van der Waals surface area contributed by atoms with Crippen molar-refractivity contribution in [3.05, 3.63) is 23.2 Å². The maximum atomic E-state index is 12.5. The van der Waals surface area contributed by atoms with Crippen molar-refractivity contribution in [1.82, 2.24) is 0 Å². The van der Waals surface area contributed by atoms with Crippen molar-refractivity contribution in [2.75, 3.05) is 4.90 Å². The molecule has 1 aromatic carbocycles. The molecule has 1 N–H and O–H groups in total. The molecule has 0 saturated heterocycles. The number of hydrogen-bond donors (Lipinski definition) is 1. The molecule has 1 fully saturated rings. The lowest BCUT2D eigenvalue weighted by Gasteiger charge is -2.47. The van der Waals surface area contributed by atoms with Crippen molar-refractivity contribution in [3.63, 3.8) is 0 Å². The van der Waals surface area contributed by atoms with Gasteiger partial charge < -0.3 is 9.84 Å². The second-order valence-electron chi connectivity index (χ2n) is 7.48. The van der Waals surface area contributed by atoms with Gasteiger partial charge in [-0.3, -0.25) is 9.69 Å². The summed E-state index contributed by atoms with van der Waals surface area (Å²) in [6.45, 7) is 3.77. The SMILES string of the molecule is C#CC(=O)N(c1ccc(OC(F)(F)F)c(Cl)c1)C1(C(=O)O)CCCC(C)(C)C1. The number of rotatable bonds is 4. The van der Waals surface area contributed by atoms with Crippen LogP contribution in [0.25, 0.3) is 0 Å². The number of hydrogen-bond acceptors (Lipinski definition) is 3. The van der Waals surface area contributed by atoms with Crippen molar-refractivity contribution in [3.8, 4) is 18.1 Å². The van der Waals surface area contributed by atoms with Gasteiger partial charge in [0.25, 0.3) is 0 Å². The highest BCUT2D eigenvalue weighted by atomic mass is 35.5. The van der Waals surface area contributed by atoms with Crippen molar-refractivity contribution in [1.29, 1.82) is 0 Å². The number of terminal acetylenes is 1. The number of amides is 1. The van der Waals surface area contributed by atoms with Gasteiger partial charge in [0.1, 0.15) is 11.3 Å². The number of carboxylic acids is 1. The van der Waals surface area contributed by atoms with Gasteiger partial charge in [-0.1, -0.05) is 25.4 Å². The number of carbonyl (C=O) groups is 2. The summed E-state index contributed by atoms with van der Waals surface area (Å²) in [6, 6.07) is 3.10. The quantitative estimate of drug-likeness (QED) is 0.725. The molecular weight excluding hydrogens is 399 g/mol. The lowest BCUT2D eigenvalue weighted by Crippen LogP contribution is -2.60. The van der Waals surface area contributed by atoms with E-state index in [1.165, 1.54) is 0 Å². The number of nitrogens with zero attached hydrogens (tertiary/aromatic N) is 1. The minimum absolute atomic E-state index is 0.0115. The minimum Gasteiger partial charge on any atom is -0.479 e. The van der Waals surface area contributed by atoms with Crippen molar-refractivity contribution < 1.29 is 32.6 Å². The van der Waals surface area contributed by atoms with Gasteiger partial charge in [-0.05, 0) is 55.2 Å². The van der Waals surface area contributed by atoms with E-state index in [0.29, 0.717) is 6.42 Å². The highest BCUT2D eigenvalue weighted by Gasteiger charge is 2.52. The highest BCUT2D eigenvalue weighted by Crippen LogP contribution is 2.46. The molecular formula is C19H19ClF3NO4. The monoisotopic (exact) mass is 417 g/mol. The molecule has 1 unspecified atom stereocenters. The molecule has 1 aliphatic rings. The molecule has 0 aliphatic heterocycles. The van der Waals surface area contributed by atoms with Gasteiger partial charge in [-0.15, -0.1) is 19.6 Å². The van der Waals surface area contributed by atoms with E-state index in [-0.39, 0.29) is 23.9 Å². The standard InChI is InChI=1S/C19H19ClF3NO4/c1-4-15(25)24(18(16(26)27)9-5-8-17(2,3)11-18)12-6-7-14(13(20)10-12)28-19(21,22)23/h1,6-7,10H,5,8-9,11H2,2-3H3,(H,26,27). The molecule has 0 aromatic heterocycles. The smallest absolute Gasteiger partial charge is 0.479 e. The Labute approximate surface area is 165 Å². The van der Waals surface area contributed by atoms with E-state index in [0.717, 1.165) is 29.5 Å². The summed E-state index contributed by atoms with van der Waals surface area (Å²) < 4.78 is 41.2. The van der Waals surface area contributed by atoms with Gasteiger partial charge >= 0.3 is 18.2 Å². The molecule has 2 rings (SSSR count). The number of anilines is 1. The maximum Gasteiger partial charge on any atom is 0.573 e. The third-order valence-electron chi connectivity index (χ3n) is 4.77. The fourth-order valence-corrected chi connectivity index (χ4v) is 3.97. The van der Waals surface area contributed by atoms with Crippen LogP contribution in [0, 0.1) is 17.8 Å². The highest BCUT2D eigenvalue weighted by molar-refractivity contribution is 6.32. The van der Waals surface area contributed by atoms with E-state index in [9.17, 15) is 27.9 Å². The van der Waals surface area contributed by atoms with Crippen LogP contribution in [0.3, 0.4) is 0 Å². The summed E-state index contributed by atoms with van der Waals surface area (Å²) in [6.07, 6.45) is 1.88. The Balaban J connectivity index is 2.58. The second-order valence-corrected chi connectivity index (χ2v) is 7.89. The van der Waals surface area contributed by atoms with E-state index >= 15 is 0 Å². The van der Waals surface area contributed by atoms with Gasteiger partial charge in [0.15, 0.2) is 0 Å². The molecule has 1 amide bonds. The van der Waals surface area contributed by atoms with E-state index in [1.807, 2.05) is 19.8 Å². The third-order valence-corrected chi connectivity index (χ3v) is 5.06. The van der Waals surface area contributed by atoms with Gasteiger partial charge in [-0.25, -0.2) is 4.79 Å². The Morgan fingerprint density at radius 1 is 1.32 bits per heavy atom. The van der Waals surface area contributed by atoms with Crippen LogP contribution in [0.1, 0.15) is 39.5 Å². The summed E-state index contributed by atoms with van der Waals surface area (Å²) in [5, 5.41) is 9.57. The zero-order chi connectivity index (χ0) is 21.3. The number of carbonyl (C=O) groups excluding carboxylic acids is 1. The summed E-state index contributed by atoms with van der Waals surface area (Å²) in [5.41, 5.74) is -2.03. The summed E-state index contributed by atoms with van der Waals surface area (Å²) >= 11 is 5.89. The van der Waals surface area contributed by atoms with Crippen LogP contribution in [0.2, 0.25) is 5.02 Å². The number of alkyl halides is 3. The first-order valence-electron chi connectivity index (χ1n) is 8.41. The Hall–Kier alpha value is -2.40. The molecule has 1 aromatic rings. The lowest BCUT2D eigenvalue weighted by molar-refractivity contribution is -0.274. The predicted octanol–water partition coefficient (Wildman–Crippen LogP) is 4.63. The molecule has 0 bridgehead atoms. The number of carboxylic acid groups (broad SMARTS) is 1. The summed E-state index contributed by atoms with van der Waals surface area (Å²) in [4.78, 5) is 25.7. The first kappa shape index (κ1) is 21.9. The zero-order valence-corrected chi connectivity index (χ0v) is 16.0. The second kappa shape index (κ2) is 7.55. The zero-order valence-electron chi connectivity index (χ0n) is 15.3. The average molecular weight is 418 g/mol. The van der Waals surface area contributed by atoms with E-state index in [2.05, 4.69) is 4.74 Å². The molecule has 5 nitrogen and oxygen atoms in total. The van der Waals surface area contributed by atoms with Gasteiger partial charge in [-0.2, -0.15) is 0 Å². The van der Waals surface area contributed by atoms with E-state index < -0.39 is 34.5 Å². The number of halogens is 4. The van der Waals surface area contributed by atoms with Gasteiger partial charge in [0, 0.05) is 5.69 Å². The fraction of sp³-hybridized carbons (Fsp3) is 0.474. The predicted molar refractivity (Wildman–Crippen MR) is 97.1 cm³/mol. The number of aliphatic carboxylic acids is 1. The van der Waals surface area contributed by atoms with E-state index in [4.69, 9.17) is 18.0 Å². The molecule has 0 heterocycles. The minimum atomic E-state index is -4.95. The third kappa shape index (κ3) is 4.53. The molecule has 1 atom stereocenters. The Kier molecular flexibility index (Phi) is 5.90. The van der Waals surface area contributed by atoms with Crippen molar-refractivity contribution >= 4 is 29.2 Å². The van der Waals surface area contributed by atoms with Crippen molar-refractivity contribution in [2.24, 2.45) is 5.41 Å². The first-order chi connectivity index (χ1) is 12.8. The van der Waals surface area contributed by atoms with Crippen LogP contribution < -0.4 is 9.64 Å². The van der Waals surface area contributed by atoms with Crippen LogP contribution in [-0.2, 0) is 9.59 Å². The van der Waals surface area contributed by atoms with Crippen LogP contribution in [0.15, 0.2) is 18.2 Å². The topological polar surface area (TPSA) is 66.8 Å².